The minimum atomic E-state index is -0.616. The highest BCUT2D eigenvalue weighted by Gasteiger charge is 2.30. The summed E-state index contributed by atoms with van der Waals surface area (Å²) in [7, 11) is 0. The molecule has 0 atom stereocenters. The Morgan fingerprint density at radius 1 is 1.03 bits per heavy atom. The van der Waals surface area contributed by atoms with Gasteiger partial charge in [-0.1, -0.05) is 0 Å². The van der Waals surface area contributed by atoms with Crippen LogP contribution in [0.2, 0.25) is 0 Å². The first-order valence-electron chi connectivity index (χ1n) is 12.0. The van der Waals surface area contributed by atoms with Crippen molar-refractivity contribution in [1.82, 2.24) is 24.8 Å². The molecule has 0 amide bonds. The average molecular weight is 464 g/mol. The molecule has 0 radical (unpaired) electrons. The number of hydrogen-bond acceptors (Lipinski definition) is 9. The van der Waals surface area contributed by atoms with E-state index in [1.54, 1.807) is 12.3 Å². The molecule has 0 unspecified atom stereocenters. The predicted octanol–water partition coefficient (Wildman–Crippen LogP) is 2.49. The molecule has 2 aliphatic rings. The van der Waals surface area contributed by atoms with Crippen LogP contribution in [0.1, 0.15) is 32.4 Å². The number of aromatic nitrogens is 4. The summed E-state index contributed by atoms with van der Waals surface area (Å²) in [5.41, 5.74) is 8.61. The summed E-state index contributed by atoms with van der Waals surface area (Å²) < 4.78 is 5.56. The van der Waals surface area contributed by atoms with E-state index in [1.165, 1.54) is 0 Å². The van der Waals surface area contributed by atoms with Crippen LogP contribution in [0.25, 0.3) is 22.4 Å². The minimum absolute atomic E-state index is 0.343. The number of nitrogen functional groups attached to an aromatic ring is 1. The molecule has 3 aromatic rings. The van der Waals surface area contributed by atoms with E-state index in [1.807, 2.05) is 26.0 Å². The lowest BCUT2D eigenvalue weighted by Gasteiger charge is -2.37. The molecule has 9 heteroatoms. The molecule has 0 spiro atoms. The number of anilines is 2. The molecule has 3 N–H and O–H groups in total. The fourth-order valence-corrected chi connectivity index (χ4v) is 4.82. The van der Waals surface area contributed by atoms with Gasteiger partial charge in [-0.2, -0.15) is 0 Å². The van der Waals surface area contributed by atoms with Gasteiger partial charge in [0.25, 0.3) is 0 Å². The largest absolute Gasteiger partial charge is 0.390 e. The molecule has 180 valence electrons. The van der Waals surface area contributed by atoms with Gasteiger partial charge in [0.1, 0.15) is 11.3 Å². The molecule has 0 aliphatic carbocycles. The molecule has 3 aromatic heterocycles. The number of aliphatic hydroxyl groups is 1. The van der Waals surface area contributed by atoms with Crippen molar-refractivity contribution in [3.05, 3.63) is 36.2 Å². The first-order valence-corrected chi connectivity index (χ1v) is 12.0. The third-order valence-electron chi connectivity index (χ3n) is 6.91. The van der Waals surface area contributed by atoms with Gasteiger partial charge in [-0.25, -0.2) is 19.9 Å². The molecule has 2 saturated heterocycles. The van der Waals surface area contributed by atoms with Gasteiger partial charge in [-0.15, -0.1) is 0 Å². The van der Waals surface area contributed by atoms with Gasteiger partial charge in [0.05, 0.1) is 30.0 Å². The van der Waals surface area contributed by atoms with Crippen molar-refractivity contribution in [3.8, 4) is 11.4 Å². The molecule has 0 aromatic carbocycles. The van der Waals surface area contributed by atoms with Crippen molar-refractivity contribution >= 4 is 22.7 Å². The van der Waals surface area contributed by atoms with E-state index in [2.05, 4.69) is 20.9 Å². The van der Waals surface area contributed by atoms with Crippen molar-refractivity contribution < 1.29 is 9.84 Å². The number of pyridine rings is 2. The highest BCUT2D eigenvalue weighted by Crippen LogP contribution is 2.30. The summed E-state index contributed by atoms with van der Waals surface area (Å²) in [4.78, 5) is 23.6. The molecule has 34 heavy (non-hydrogen) atoms. The zero-order valence-electron chi connectivity index (χ0n) is 19.9. The Labute approximate surface area is 200 Å². The zero-order valence-corrected chi connectivity index (χ0v) is 19.9. The van der Waals surface area contributed by atoms with E-state index in [0.29, 0.717) is 30.8 Å². The molecule has 2 fully saturated rings. The summed E-state index contributed by atoms with van der Waals surface area (Å²) in [5.74, 6) is 2.26. The van der Waals surface area contributed by atoms with Gasteiger partial charge in [0.2, 0.25) is 0 Å². The second-order valence-corrected chi connectivity index (χ2v) is 9.82. The second-order valence-electron chi connectivity index (χ2n) is 9.82. The monoisotopic (exact) mass is 463 g/mol. The maximum Gasteiger partial charge on any atom is 0.163 e. The van der Waals surface area contributed by atoms with Crippen LogP contribution in [-0.2, 0) is 11.3 Å². The smallest absolute Gasteiger partial charge is 0.163 e. The number of fused-ring (bicyclic) bond motifs is 1. The number of piperidine rings is 1. The van der Waals surface area contributed by atoms with Crippen molar-refractivity contribution in [3.63, 3.8) is 0 Å². The van der Waals surface area contributed by atoms with Crippen LogP contribution in [0.15, 0.2) is 30.5 Å². The van der Waals surface area contributed by atoms with E-state index in [4.69, 9.17) is 25.4 Å². The number of likely N-dealkylation sites (tertiary alicyclic amines) is 1. The third kappa shape index (κ3) is 4.96. The fraction of sp³-hybridized carbons (Fsp3) is 0.520. The third-order valence-corrected chi connectivity index (χ3v) is 6.91. The van der Waals surface area contributed by atoms with E-state index in [-0.39, 0.29) is 0 Å². The average Bonchev–Trinajstić information content (AvgIpc) is 2.84. The number of rotatable bonds is 5. The van der Waals surface area contributed by atoms with Gasteiger partial charge in [-0.3, -0.25) is 4.90 Å². The number of nitrogens with two attached hydrogens (primary N) is 1. The fourth-order valence-electron chi connectivity index (χ4n) is 4.82. The molecular formula is C25H33N7O2. The van der Waals surface area contributed by atoms with Crippen molar-refractivity contribution in [2.75, 3.05) is 50.0 Å². The van der Waals surface area contributed by atoms with E-state index < -0.39 is 5.60 Å². The Morgan fingerprint density at radius 2 is 1.79 bits per heavy atom. The molecule has 0 bridgehead atoms. The molecule has 0 saturated carbocycles. The number of morpholine rings is 1. The van der Waals surface area contributed by atoms with Crippen LogP contribution in [0.5, 0.6) is 0 Å². The molecule has 2 aliphatic heterocycles. The highest BCUT2D eigenvalue weighted by molar-refractivity contribution is 5.87. The summed E-state index contributed by atoms with van der Waals surface area (Å²) in [6.45, 7) is 9.40. The highest BCUT2D eigenvalue weighted by atomic mass is 16.5. The lowest BCUT2D eigenvalue weighted by molar-refractivity contribution is -0.0137. The number of ether oxygens (including phenoxy) is 1. The van der Waals surface area contributed by atoms with Crippen molar-refractivity contribution in [1.29, 1.82) is 0 Å². The first-order chi connectivity index (χ1) is 16.4. The molecule has 5 rings (SSSR count). The maximum absolute atomic E-state index is 10.3. The quantitative estimate of drug-likeness (QED) is 0.589. The number of nitrogens with zero attached hydrogens (tertiary/aromatic N) is 6. The van der Waals surface area contributed by atoms with Crippen LogP contribution in [0, 0.1) is 5.92 Å². The molecule has 5 heterocycles. The van der Waals surface area contributed by atoms with E-state index in [0.717, 1.165) is 73.7 Å². The number of hydrogen-bond donors (Lipinski definition) is 2. The Hall–Kier alpha value is -2.88. The summed E-state index contributed by atoms with van der Waals surface area (Å²) in [5, 5.41) is 10.3. The normalized spacial score (nSPS) is 18.5. The Morgan fingerprint density at radius 3 is 2.47 bits per heavy atom. The minimum Gasteiger partial charge on any atom is -0.390 e. The van der Waals surface area contributed by atoms with Gasteiger partial charge >= 0.3 is 0 Å². The lowest BCUT2D eigenvalue weighted by Crippen LogP contribution is -2.41. The summed E-state index contributed by atoms with van der Waals surface area (Å²) >= 11 is 0. The molecule has 9 nitrogen and oxygen atoms in total. The SMILES string of the molecule is CC(C)(O)C1CCN(Cc2ccc3nc(-c4ccc(N)nc4)nc(N4CCOCC4)c3n2)CC1. The predicted molar refractivity (Wildman–Crippen MR) is 132 cm³/mol. The van der Waals surface area contributed by atoms with Crippen LogP contribution < -0.4 is 10.6 Å². The summed E-state index contributed by atoms with van der Waals surface area (Å²) in [6.07, 6.45) is 3.70. The summed E-state index contributed by atoms with van der Waals surface area (Å²) in [6, 6.07) is 7.76. The van der Waals surface area contributed by atoms with Gasteiger partial charge < -0.3 is 20.5 Å². The van der Waals surface area contributed by atoms with Crippen LogP contribution in [-0.4, -0.2) is 74.9 Å². The van der Waals surface area contributed by atoms with Crippen molar-refractivity contribution in [2.24, 2.45) is 5.92 Å². The zero-order chi connectivity index (χ0) is 23.7. The topological polar surface area (TPSA) is 114 Å². The van der Waals surface area contributed by atoms with Crippen molar-refractivity contribution in [2.45, 2.75) is 38.8 Å². The first kappa shape index (κ1) is 22.9. The van der Waals surface area contributed by atoms with Gasteiger partial charge in [0, 0.05) is 31.4 Å². The Balaban J connectivity index is 1.44. The Kier molecular flexibility index (Phi) is 6.33. The molecular weight excluding hydrogens is 430 g/mol. The van der Waals surface area contributed by atoms with Gasteiger partial charge in [-0.05, 0) is 70.0 Å². The van der Waals surface area contributed by atoms with Gasteiger partial charge in [0.15, 0.2) is 11.6 Å². The Bertz CT molecular complexity index is 1130. The lowest BCUT2D eigenvalue weighted by atomic mass is 9.83. The maximum atomic E-state index is 10.3. The second kappa shape index (κ2) is 9.40. The van der Waals surface area contributed by atoms with E-state index >= 15 is 0 Å². The van der Waals surface area contributed by atoms with Crippen LogP contribution in [0.3, 0.4) is 0 Å². The van der Waals surface area contributed by atoms with Crippen LogP contribution >= 0.6 is 0 Å². The standard InChI is InChI=1S/C25H33N7O2/c1-25(2,33)18-7-9-31(10-8-18)16-19-4-5-20-22(28-19)24(32-11-13-34-14-12-32)30-23(29-20)17-3-6-21(26)27-15-17/h3-6,15,18,33H,7-14,16H2,1-2H3,(H2,26,27). The van der Waals surface area contributed by atoms with E-state index in [9.17, 15) is 5.11 Å². The van der Waals surface area contributed by atoms with Crippen LogP contribution in [0.4, 0.5) is 11.6 Å².